The number of carboxylic acid groups (broad SMARTS) is 1. The number of halogens is 1. The predicted molar refractivity (Wildman–Crippen MR) is 127 cm³/mol. The Bertz CT molecular complexity index is 1340. The van der Waals surface area contributed by atoms with Gasteiger partial charge in [-0.3, -0.25) is 14.3 Å². The summed E-state index contributed by atoms with van der Waals surface area (Å²) in [6, 6.07) is 12.8. The highest BCUT2D eigenvalue weighted by atomic mass is 79.9. The number of ether oxygens (including phenoxy) is 1. The van der Waals surface area contributed by atoms with Gasteiger partial charge in [0.1, 0.15) is 5.75 Å². The van der Waals surface area contributed by atoms with Gasteiger partial charge in [-0.15, -0.1) is 0 Å². The smallest absolute Gasteiger partial charge is 0.335 e. The van der Waals surface area contributed by atoms with Gasteiger partial charge in [-0.1, -0.05) is 36.8 Å². The minimum absolute atomic E-state index is 0.0564. The number of benzene rings is 2. The van der Waals surface area contributed by atoms with Crippen LogP contribution >= 0.6 is 15.9 Å². The molecule has 1 heterocycles. The molecule has 0 radical (unpaired) electrons. The highest BCUT2D eigenvalue weighted by Crippen LogP contribution is 2.29. The Morgan fingerprint density at radius 2 is 1.88 bits per heavy atom. The molecule has 0 bridgehead atoms. The molecule has 2 N–H and O–H groups in total. The first-order valence-corrected chi connectivity index (χ1v) is 11.2. The van der Waals surface area contributed by atoms with Crippen LogP contribution in [0.2, 0.25) is 0 Å². The molecule has 9 nitrogen and oxygen atoms in total. The first-order chi connectivity index (χ1) is 15.7. The van der Waals surface area contributed by atoms with E-state index in [9.17, 15) is 19.5 Å². The first-order valence-electron chi connectivity index (χ1n) is 10.4. The average molecular weight is 517 g/mol. The summed E-state index contributed by atoms with van der Waals surface area (Å²) in [5.41, 5.74) is 1.09. The highest BCUT2D eigenvalue weighted by molar-refractivity contribution is 9.10. The topological polar surface area (TPSA) is 119 Å². The van der Waals surface area contributed by atoms with Gasteiger partial charge >= 0.3 is 17.3 Å². The second-order valence-corrected chi connectivity index (χ2v) is 8.47. The van der Waals surface area contributed by atoms with Crippen molar-refractivity contribution in [1.29, 1.82) is 0 Å². The van der Waals surface area contributed by atoms with Crippen molar-refractivity contribution in [2.45, 2.75) is 33.9 Å². The monoisotopic (exact) mass is 516 g/mol. The third kappa shape index (κ3) is 5.89. The number of aromatic amines is 1. The van der Waals surface area contributed by atoms with Crippen LogP contribution in [-0.4, -0.2) is 31.8 Å². The third-order valence-electron chi connectivity index (χ3n) is 4.97. The molecule has 3 rings (SSSR count). The zero-order chi connectivity index (χ0) is 24.1. The first kappa shape index (κ1) is 24.2. The number of rotatable bonds is 8. The predicted octanol–water partition coefficient (Wildman–Crippen LogP) is 2.81. The van der Waals surface area contributed by atoms with Crippen molar-refractivity contribution in [3.05, 3.63) is 84.7 Å². The number of nitrogens with zero attached hydrogens (tertiary/aromatic N) is 3. The summed E-state index contributed by atoms with van der Waals surface area (Å²) in [6.45, 7) is 5.67. The molecule has 0 fully saturated rings. The van der Waals surface area contributed by atoms with E-state index in [1.54, 1.807) is 18.2 Å². The van der Waals surface area contributed by atoms with E-state index in [0.29, 0.717) is 22.5 Å². The molecule has 0 amide bonds. The second kappa shape index (κ2) is 10.5. The molecule has 0 saturated heterocycles. The van der Waals surface area contributed by atoms with Gasteiger partial charge in [0, 0.05) is 6.54 Å². The van der Waals surface area contributed by atoms with Crippen LogP contribution in [0.25, 0.3) is 0 Å². The average Bonchev–Trinajstić information content (AvgIpc) is 2.77. The standard InChI is InChI=1S/C23H25BrN4O5/c1-4-33-19-10-9-17(11-18(19)24)25-21-26-22(31)28(12-15(3)20(29)30)23(32)27(21)13-16-7-5-14(2)6-8-16/h5-11,15H,4,12-13H2,1-3H3,(H,29,30)(H,25,26,31)/t15-/m0/s1. The van der Waals surface area contributed by atoms with Crippen molar-refractivity contribution in [3.8, 4) is 5.75 Å². The second-order valence-electron chi connectivity index (χ2n) is 7.62. The lowest BCUT2D eigenvalue weighted by Gasteiger charge is -2.13. The number of aryl methyl sites for hydroxylation is 1. The van der Waals surface area contributed by atoms with Crippen LogP contribution in [0, 0.1) is 12.8 Å². The van der Waals surface area contributed by atoms with Crippen molar-refractivity contribution in [3.63, 3.8) is 0 Å². The lowest BCUT2D eigenvalue weighted by molar-refractivity contribution is -0.141. The van der Waals surface area contributed by atoms with Gasteiger partial charge < -0.3 is 9.84 Å². The summed E-state index contributed by atoms with van der Waals surface area (Å²) in [7, 11) is 0. The molecule has 3 aromatic rings. The molecular weight excluding hydrogens is 492 g/mol. The summed E-state index contributed by atoms with van der Waals surface area (Å²) >= 11 is 3.44. The number of carboxylic acids is 1. The number of hydrogen-bond donors (Lipinski definition) is 2. The van der Waals surface area contributed by atoms with Crippen molar-refractivity contribution in [2.24, 2.45) is 10.9 Å². The normalized spacial score (nSPS) is 12.5. The number of carbonyl (C=O) groups is 1. The van der Waals surface area contributed by atoms with Crippen molar-refractivity contribution < 1.29 is 14.6 Å². The minimum Gasteiger partial charge on any atom is -0.493 e. The summed E-state index contributed by atoms with van der Waals surface area (Å²) in [4.78, 5) is 44.3. The zero-order valence-electron chi connectivity index (χ0n) is 18.5. The number of nitrogens with one attached hydrogen (secondary N) is 1. The molecule has 0 saturated carbocycles. The Labute approximate surface area is 198 Å². The van der Waals surface area contributed by atoms with Gasteiger partial charge in [-0.05, 0) is 53.5 Å². The summed E-state index contributed by atoms with van der Waals surface area (Å²) in [5, 5.41) is 9.22. The molecule has 0 aliphatic carbocycles. The van der Waals surface area contributed by atoms with Gasteiger partial charge in [0.2, 0.25) is 5.62 Å². The van der Waals surface area contributed by atoms with E-state index < -0.39 is 23.3 Å². The van der Waals surface area contributed by atoms with Crippen LogP contribution in [0.15, 0.2) is 61.5 Å². The largest absolute Gasteiger partial charge is 0.493 e. The summed E-state index contributed by atoms with van der Waals surface area (Å²) in [5.74, 6) is -1.36. The van der Waals surface area contributed by atoms with Gasteiger partial charge in [0.25, 0.3) is 0 Å². The lowest BCUT2D eigenvalue weighted by Crippen LogP contribution is -2.51. The zero-order valence-corrected chi connectivity index (χ0v) is 20.1. The van der Waals surface area contributed by atoms with Gasteiger partial charge in [0.05, 0.1) is 29.2 Å². The molecule has 0 aliphatic rings. The van der Waals surface area contributed by atoms with Crippen molar-refractivity contribution in [1.82, 2.24) is 14.1 Å². The van der Waals surface area contributed by atoms with Gasteiger partial charge in [-0.25, -0.2) is 19.1 Å². The maximum Gasteiger partial charge on any atom is 0.335 e. The van der Waals surface area contributed by atoms with Gasteiger partial charge in [-0.2, -0.15) is 0 Å². The summed E-state index contributed by atoms with van der Waals surface area (Å²) < 4.78 is 8.41. The molecular formula is C23H25BrN4O5. The van der Waals surface area contributed by atoms with E-state index in [4.69, 9.17) is 4.74 Å². The fourth-order valence-corrected chi connectivity index (χ4v) is 3.61. The molecule has 1 aromatic heterocycles. The number of H-pyrrole nitrogens is 1. The van der Waals surface area contributed by atoms with E-state index in [-0.39, 0.29) is 18.7 Å². The minimum atomic E-state index is -1.10. The molecule has 0 spiro atoms. The Morgan fingerprint density at radius 3 is 2.48 bits per heavy atom. The number of hydrogen-bond acceptors (Lipinski definition) is 5. The van der Waals surface area contributed by atoms with Crippen molar-refractivity contribution in [2.75, 3.05) is 6.61 Å². The van der Waals surface area contributed by atoms with Crippen LogP contribution in [-0.2, 0) is 17.9 Å². The third-order valence-corrected chi connectivity index (χ3v) is 5.59. The van der Waals surface area contributed by atoms with Crippen LogP contribution in [0.3, 0.4) is 0 Å². The maximum atomic E-state index is 13.3. The van der Waals surface area contributed by atoms with Crippen LogP contribution in [0.5, 0.6) is 5.75 Å². The van der Waals surface area contributed by atoms with E-state index >= 15 is 0 Å². The maximum absolute atomic E-state index is 13.3. The molecule has 0 aliphatic heterocycles. The Morgan fingerprint density at radius 1 is 1.18 bits per heavy atom. The molecule has 0 unspecified atom stereocenters. The Kier molecular flexibility index (Phi) is 7.70. The highest BCUT2D eigenvalue weighted by Gasteiger charge is 2.17. The van der Waals surface area contributed by atoms with Crippen molar-refractivity contribution >= 4 is 27.6 Å². The quantitative estimate of drug-likeness (QED) is 0.477. The number of aliphatic carboxylic acids is 1. The molecule has 2 aromatic carbocycles. The summed E-state index contributed by atoms with van der Waals surface area (Å²) in [6.07, 6.45) is 0. The van der Waals surface area contributed by atoms with E-state index in [2.05, 4.69) is 25.9 Å². The fourth-order valence-electron chi connectivity index (χ4n) is 3.13. The fraction of sp³-hybridized carbons (Fsp3) is 0.304. The van der Waals surface area contributed by atoms with E-state index in [1.165, 1.54) is 11.5 Å². The Balaban J connectivity index is 2.17. The van der Waals surface area contributed by atoms with Crippen LogP contribution in [0.4, 0.5) is 5.69 Å². The van der Waals surface area contributed by atoms with Crippen LogP contribution < -0.4 is 21.7 Å². The SMILES string of the molecule is CCOc1ccc(/N=c2\[nH]c(=O)n(C[C@H](C)C(=O)O)c(=O)n2Cc2ccc(C)cc2)cc1Br. The Hall–Kier alpha value is -3.40. The molecule has 174 valence electrons. The van der Waals surface area contributed by atoms with Crippen LogP contribution in [0.1, 0.15) is 25.0 Å². The van der Waals surface area contributed by atoms with E-state index in [1.807, 2.05) is 38.1 Å². The van der Waals surface area contributed by atoms with E-state index in [0.717, 1.165) is 15.7 Å². The molecule has 33 heavy (non-hydrogen) atoms. The molecule has 1 atom stereocenters. The lowest BCUT2D eigenvalue weighted by atomic mass is 10.1. The number of aromatic nitrogens is 3. The van der Waals surface area contributed by atoms with Gasteiger partial charge in [0.15, 0.2) is 0 Å². The molecule has 10 heteroatoms.